The third-order valence-corrected chi connectivity index (χ3v) is 7.68. The molecule has 4 rings (SSSR count). The lowest BCUT2D eigenvalue weighted by molar-refractivity contribution is -0.144. The quantitative estimate of drug-likeness (QED) is 0.225. The van der Waals surface area contributed by atoms with Crippen LogP contribution in [0, 0.1) is 5.41 Å². The van der Waals surface area contributed by atoms with Crippen LogP contribution >= 0.6 is 0 Å². The summed E-state index contributed by atoms with van der Waals surface area (Å²) in [6.07, 6.45) is 1.91. The molecule has 1 unspecified atom stereocenters. The molecule has 0 aliphatic carbocycles. The molecule has 2 aromatic carbocycles. The Kier molecular flexibility index (Phi) is 11.0. The number of hydrogen-bond donors (Lipinski definition) is 2. The molecule has 11 heteroatoms. The zero-order chi connectivity index (χ0) is 31.9. The van der Waals surface area contributed by atoms with Crippen LogP contribution in [0.15, 0.2) is 60.8 Å². The van der Waals surface area contributed by atoms with E-state index in [-0.39, 0.29) is 25.5 Å². The number of nitrogens with zero attached hydrogens (tertiary/aromatic N) is 5. The van der Waals surface area contributed by atoms with Crippen molar-refractivity contribution in [3.05, 3.63) is 72.1 Å². The number of carbonyl (C=O) groups is 3. The summed E-state index contributed by atoms with van der Waals surface area (Å²) in [7, 11) is 3.93. The lowest BCUT2D eigenvalue weighted by atomic mass is 9.85. The molecule has 1 aliphatic rings. The van der Waals surface area contributed by atoms with Crippen LogP contribution in [0.3, 0.4) is 0 Å². The molecule has 2 N–H and O–H groups in total. The Labute approximate surface area is 259 Å². The molecule has 11 nitrogen and oxygen atoms in total. The number of hydrogen-bond acceptors (Lipinski definition) is 8. The Balaban J connectivity index is 1.43. The minimum Gasteiger partial charge on any atom is -0.391 e. The van der Waals surface area contributed by atoms with Gasteiger partial charge in [-0.2, -0.15) is 0 Å². The molecule has 1 saturated heterocycles. The van der Waals surface area contributed by atoms with Gasteiger partial charge in [0, 0.05) is 19.5 Å². The van der Waals surface area contributed by atoms with Crippen molar-refractivity contribution in [2.75, 3.05) is 33.8 Å². The maximum absolute atomic E-state index is 14.0. The minimum atomic E-state index is -0.928. The van der Waals surface area contributed by atoms with Crippen molar-refractivity contribution in [2.24, 2.45) is 5.41 Å². The highest BCUT2D eigenvalue weighted by Gasteiger charge is 2.45. The van der Waals surface area contributed by atoms with Crippen molar-refractivity contribution < 1.29 is 24.2 Å². The van der Waals surface area contributed by atoms with Gasteiger partial charge in [0.05, 0.1) is 31.6 Å². The smallest absolute Gasteiger partial charge is 0.248 e. The first-order chi connectivity index (χ1) is 21.0. The molecule has 44 heavy (non-hydrogen) atoms. The molecular formula is C33H44N6O5. The number of nitrogens with one attached hydrogen (secondary N) is 1. The van der Waals surface area contributed by atoms with E-state index in [1.165, 1.54) is 9.58 Å². The molecule has 0 bridgehead atoms. The first-order valence-electron chi connectivity index (χ1n) is 15.0. The van der Waals surface area contributed by atoms with Gasteiger partial charge in [-0.05, 0) is 42.6 Å². The highest BCUT2D eigenvalue weighted by molar-refractivity contribution is 5.91. The first-order valence-corrected chi connectivity index (χ1v) is 15.0. The Morgan fingerprint density at radius 1 is 1.11 bits per heavy atom. The molecule has 1 aliphatic heterocycles. The first kappa shape index (κ1) is 33.0. The molecular weight excluding hydrogens is 560 g/mol. The fourth-order valence-corrected chi connectivity index (χ4v) is 5.40. The van der Waals surface area contributed by atoms with E-state index in [1.807, 2.05) is 94.4 Å². The standard InChI is InChI=1S/C33H44N6O5/c1-33(2,3)30(39-19-27(35-36-39)22-44-16-15-37(4)5)32(43)38-20-28(41)18-29(38)31(42)34-26(21-40)17-23-11-13-25(14-12-23)24-9-7-6-8-10-24/h6-14,19,21,26,28-30,41H,15-18,20,22H2,1-5H3,(H,34,42)/t26-,28-,29+,30?/m1/s1. The number of β-amino-alcohol motifs (C(OH)–C–C–N with tert-alkyl or cyclic N) is 1. The van der Waals surface area contributed by atoms with Crippen molar-refractivity contribution in [3.63, 3.8) is 0 Å². The second-order valence-electron chi connectivity index (χ2n) is 12.7. The number of aromatic nitrogens is 3. The number of likely N-dealkylation sites (N-methyl/N-ethyl adjacent to an activating group) is 1. The third kappa shape index (κ3) is 8.58. The number of carbonyl (C=O) groups excluding carboxylic acids is 3. The van der Waals surface area contributed by atoms with Crippen LogP contribution < -0.4 is 5.32 Å². The Morgan fingerprint density at radius 2 is 1.80 bits per heavy atom. The molecule has 0 spiro atoms. The fraction of sp³-hybridized carbons (Fsp3) is 0.485. The van der Waals surface area contributed by atoms with Gasteiger partial charge < -0.3 is 29.8 Å². The van der Waals surface area contributed by atoms with E-state index < -0.39 is 35.6 Å². The number of ether oxygens (including phenoxy) is 1. The van der Waals surface area contributed by atoms with Crippen LogP contribution in [-0.4, -0.2) is 100.0 Å². The lowest BCUT2D eigenvalue weighted by Crippen LogP contribution is -2.52. The third-order valence-electron chi connectivity index (χ3n) is 7.68. The molecule has 0 radical (unpaired) electrons. The second-order valence-corrected chi connectivity index (χ2v) is 12.7. The number of aliphatic hydroxyl groups is 1. The highest BCUT2D eigenvalue weighted by Crippen LogP contribution is 2.34. The molecule has 2 heterocycles. The summed E-state index contributed by atoms with van der Waals surface area (Å²) in [5, 5.41) is 21.8. The number of aldehydes is 1. The Bertz CT molecular complexity index is 1390. The molecule has 1 fully saturated rings. The number of amides is 2. The van der Waals surface area contributed by atoms with Gasteiger partial charge in [0.25, 0.3) is 0 Å². The van der Waals surface area contributed by atoms with Crippen LogP contribution in [0.25, 0.3) is 11.1 Å². The van der Waals surface area contributed by atoms with E-state index in [2.05, 4.69) is 15.6 Å². The SMILES string of the molecule is CN(C)CCOCc1cn(C(C(=O)N2C[C@H](O)C[C@H]2C(=O)N[C@@H](C=O)Cc2ccc(-c3ccccc3)cc2)C(C)(C)C)nn1. The van der Waals surface area contributed by atoms with E-state index in [9.17, 15) is 19.5 Å². The van der Waals surface area contributed by atoms with Crippen molar-refractivity contribution in [1.29, 1.82) is 0 Å². The predicted molar refractivity (Wildman–Crippen MR) is 166 cm³/mol. The van der Waals surface area contributed by atoms with Gasteiger partial charge >= 0.3 is 0 Å². The lowest BCUT2D eigenvalue weighted by Gasteiger charge is -2.34. The number of likely N-dealkylation sites (tertiary alicyclic amines) is 1. The zero-order valence-electron chi connectivity index (χ0n) is 26.2. The van der Waals surface area contributed by atoms with Gasteiger partial charge in [-0.1, -0.05) is 80.6 Å². The summed E-state index contributed by atoms with van der Waals surface area (Å²) in [5.74, 6) is -0.826. The second kappa shape index (κ2) is 14.7. The van der Waals surface area contributed by atoms with E-state index in [1.54, 1.807) is 6.20 Å². The molecule has 0 saturated carbocycles. The predicted octanol–water partition coefficient (Wildman–Crippen LogP) is 2.50. The largest absolute Gasteiger partial charge is 0.391 e. The van der Waals surface area contributed by atoms with Crippen LogP contribution in [-0.2, 0) is 32.1 Å². The summed E-state index contributed by atoms with van der Waals surface area (Å²) in [6, 6.07) is 15.3. The van der Waals surface area contributed by atoms with Gasteiger partial charge in [0.15, 0.2) is 0 Å². The van der Waals surface area contributed by atoms with Gasteiger partial charge in [0.1, 0.15) is 24.1 Å². The van der Waals surface area contributed by atoms with Crippen LogP contribution in [0.2, 0.25) is 0 Å². The molecule has 3 aromatic rings. The van der Waals surface area contributed by atoms with E-state index in [4.69, 9.17) is 4.74 Å². The average molecular weight is 605 g/mol. The summed E-state index contributed by atoms with van der Waals surface area (Å²) in [4.78, 5) is 42.9. The zero-order valence-corrected chi connectivity index (χ0v) is 26.2. The topological polar surface area (TPSA) is 130 Å². The Hall–Kier alpha value is -3.93. The summed E-state index contributed by atoms with van der Waals surface area (Å²) in [6.45, 7) is 7.31. The van der Waals surface area contributed by atoms with Gasteiger partial charge in [-0.15, -0.1) is 5.10 Å². The summed E-state index contributed by atoms with van der Waals surface area (Å²) in [5.41, 5.74) is 3.04. The van der Waals surface area contributed by atoms with Crippen LogP contribution in [0.4, 0.5) is 0 Å². The fourth-order valence-electron chi connectivity index (χ4n) is 5.40. The number of rotatable bonds is 13. The Morgan fingerprint density at radius 3 is 2.43 bits per heavy atom. The molecule has 236 valence electrons. The van der Waals surface area contributed by atoms with E-state index in [0.717, 1.165) is 23.2 Å². The van der Waals surface area contributed by atoms with Gasteiger partial charge in [-0.3, -0.25) is 9.59 Å². The summed E-state index contributed by atoms with van der Waals surface area (Å²) < 4.78 is 7.19. The normalized spacial score (nSPS) is 18.3. The maximum atomic E-state index is 14.0. The molecule has 2 amide bonds. The van der Waals surface area contributed by atoms with Gasteiger partial charge in [0.2, 0.25) is 11.8 Å². The van der Waals surface area contributed by atoms with Crippen LogP contribution in [0.5, 0.6) is 0 Å². The van der Waals surface area contributed by atoms with Crippen LogP contribution in [0.1, 0.15) is 44.5 Å². The maximum Gasteiger partial charge on any atom is 0.248 e. The summed E-state index contributed by atoms with van der Waals surface area (Å²) >= 11 is 0. The molecule has 4 atom stereocenters. The number of aliphatic hydroxyl groups excluding tert-OH is 1. The van der Waals surface area contributed by atoms with Crippen molar-refractivity contribution in [2.45, 2.75) is 64.4 Å². The van der Waals surface area contributed by atoms with E-state index in [0.29, 0.717) is 25.0 Å². The average Bonchev–Trinajstić information content (AvgIpc) is 3.61. The van der Waals surface area contributed by atoms with Crippen molar-refractivity contribution in [1.82, 2.24) is 30.1 Å². The monoisotopic (exact) mass is 604 g/mol. The number of benzene rings is 2. The van der Waals surface area contributed by atoms with E-state index >= 15 is 0 Å². The van der Waals surface area contributed by atoms with Crippen molar-refractivity contribution in [3.8, 4) is 11.1 Å². The molecule has 1 aromatic heterocycles. The highest BCUT2D eigenvalue weighted by atomic mass is 16.5. The van der Waals surface area contributed by atoms with Gasteiger partial charge in [-0.25, -0.2) is 4.68 Å². The van der Waals surface area contributed by atoms with Crippen molar-refractivity contribution >= 4 is 18.1 Å². The minimum absolute atomic E-state index is 0.00536.